The van der Waals surface area contributed by atoms with Crippen molar-refractivity contribution in [2.45, 2.75) is 12.6 Å². The second kappa shape index (κ2) is 5.36. The van der Waals surface area contributed by atoms with Gasteiger partial charge in [-0.25, -0.2) is 0 Å². The highest BCUT2D eigenvalue weighted by Gasteiger charge is 2.23. The maximum absolute atomic E-state index is 12.0. The van der Waals surface area contributed by atoms with Gasteiger partial charge in [0.05, 0.1) is 12.2 Å². The molecule has 0 saturated carbocycles. The Hall–Kier alpha value is -1.01. The molecule has 5 nitrogen and oxygen atoms in total. The number of nitrogens with zero attached hydrogens (tertiary/aromatic N) is 2. The van der Waals surface area contributed by atoms with Gasteiger partial charge in [0.2, 0.25) is 5.91 Å². The number of likely N-dealkylation sites (N-methyl/N-ethyl adjacent to an activating group) is 1. The third-order valence-corrected chi connectivity index (χ3v) is 3.63. The molecule has 88 valence electrons. The van der Waals surface area contributed by atoms with E-state index < -0.39 is 0 Å². The number of hydrogen-bond donors (Lipinski definition) is 2. The summed E-state index contributed by atoms with van der Waals surface area (Å²) in [6.07, 6.45) is 3.56. The monoisotopic (exact) mass is 240 g/mol. The molecule has 6 heteroatoms. The Morgan fingerprint density at radius 2 is 2.62 bits per heavy atom. The molecule has 1 fully saturated rings. The minimum absolute atomic E-state index is 0.0318. The van der Waals surface area contributed by atoms with Gasteiger partial charge < -0.3 is 10.2 Å². The predicted octanol–water partition coefficient (Wildman–Crippen LogP) is 0.0731. The second-order valence-electron chi connectivity index (χ2n) is 3.88. The summed E-state index contributed by atoms with van der Waals surface area (Å²) in [7, 11) is 1.83. The SMILES string of the molecule is CN(Cc1cn[nH]c1)C(=O)C1CSCCN1. The standard InChI is InChI=1S/C10H16N4OS/c1-14(6-8-4-12-13-5-8)10(15)9-7-16-3-2-11-9/h4-5,9,11H,2-3,6-7H2,1H3,(H,12,13). The van der Waals surface area contributed by atoms with Crippen molar-refractivity contribution < 1.29 is 4.79 Å². The first kappa shape index (κ1) is 11.5. The number of rotatable bonds is 3. The summed E-state index contributed by atoms with van der Waals surface area (Å²) in [6.45, 7) is 1.53. The van der Waals surface area contributed by atoms with Crippen molar-refractivity contribution in [3.05, 3.63) is 18.0 Å². The van der Waals surface area contributed by atoms with Crippen LogP contribution in [0.4, 0.5) is 0 Å². The molecule has 0 spiro atoms. The quantitative estimate of drug-likeness (QED) is 0.785. The summed E-state index contributed by atoms with van der Waals surface area (Å²) >= 11 is 1.83. The molecule has 1 unspecified atom stereocenters. The Morgan fingerprint density at radius 3 is 3.25 bits per heavy atom. The summed E-state index contributed by atoms with van der Waals surface area (Å²) in [5, 5.41) is 9.85. The third kappa shape index (κ3) is 2.76. The Bertz CT molecular complexity index is 335. The highest BCUT2D eigenvalue weighted by molar-refractivity contribution is 7.99. The van der Waals surface area contributed by atoms with E-state index in [1.807, 2.05) is 25.0 Å². The van der Waals surface area contributed by atoms with Gasteiger partial charge in [-0.3, -0.25) is 9.89 Å². The zero-order valence-electron chi connectivity index (χ0n) is 9.27. The third-order valence-electron chi connectivity index (χ3n) is 2.57. The Balaban J connectivity index is 1.88. The van der Waals surface area contributed by atoms with Crippen LogP contribution in [0.1, 0.15) is 5.56 Å². The zero-order valence-corrected chi connectivity index (χ0v) is 10.1. The molecule has 1 saturated heterocycles. The number of aromatic nitrogens is 2. The van der Waals surface area contributed by atoms with Crippen LogP contribution in [0.25, 0.3) is 0 Å². The number of aromatic amines is 1. The number of thioether (sulfide) groups is 1. The zero-order chi connectivity index (χ0) is 11.4. The van der Waals surface area contributed by atoms with Crippen molar-refractivity contribution in [2.24, 2.45) is 0 Å². The van der Waals surface area contributed by atoms with Gasteiger partial charge in [0, 0.05) is 43.4 Å². The average Bonchev–Trinajstić information content (AvgIpc) is 2.82. The summed E-state index contributed by atoms with van der Waals surface area (Å²) < 4.78 is 0. The van der Waals surface area contributed by atoms with E-state index >= 15 is 0 Å². The highest BCUT2D eigenvalue weighted by atomic mass is 32.2. The average molecular weight is 240 g/mol. The van der Waals surface area contributed by atoms with Crippen molar-refractivity contribution in [3.8, 4) is 0 Å². The molecular formula is C10H16N4OS. The van der Waals surface area contributed by atoms with Crippen molar-refractivity contribution >= 4 is 17.7 Å². The van der Waals surface area contributed by atoms with E-state index in [1.165, 1.54) is 0 Å². The number of carbonyl (C=O) groups excluding carboxylic acids is 1. The molecular weight excluding hydrogens is 224 g/mol. The van der Waals surface area contributed by atoms with E-state index in [2.05, 4.69) is 15.5 Å². The number of nitrogens with one attached hydrogen (secondary N) is 2. The van der Waals surface area contributed by atoms with Crippen LogP contribution in [0, 0.1) is 0 Å². The van der Waals surface area contributed by atoms with Gasteiger partial charge in [-0.1, -0.05) is 0 Å². The molecule has 0 radical (unpaired) electrons. The highest BCUT2D eigenvalue weighted by Crippen LogP contribution is 2.10. The van der Waals surface area contributed by atoms with Gasteiger partial charge >= 0.3 is 0 Å². The van der Waals surface area contributed by atoms with Crippen LogP contribution < -0.4 is 5.32 Å². The smallest absolute Gasteiger partial charge is 0.240 e. The number of hydrogen-bond acceptors (Lipinski definition) is 4. The van der Waals surface area contributed by atoms with Crippen LogP contribution in [-0.2, 0) is 11.3 Å². The molecule has 0 aliphatic carbocycles. The fourth-order valence-corrected chi connectivity index (χ4v) is 2.63. The van der Waals surface area contributed by atoms with E-state index in [1.54, 1.807) is 11.1 Å². The minimum Gasteiger partial charge on any atom is -0.340 e. The maximum Gasteiger partial charge on any atom is 0.240 e. The number of carbonyl (C=O) groups is 1. The van der Waals surface area contributed by atoms with Crippen LogP contribution >= 0.6 is 11.8 Å². The molecule has 1 aromatic rings. The lowest BCUT2D eigenvalue weighted by atomic mass is 10.2. The van der Waals surface area contributed by atoms with Crippen LogP contribution in [0.2, 0.25) is 0 Å². The summed E-state index contributed by atoms with van der Waals surface area (Å²) in [6, 6.07) is -0.0318. The molecule has 0 bridgehead atoms. The Labute approximate surface area is 99.0 Å². The van der Waals surface area contributed by atoms with Crippen LogP contribution in [0.15, 0.2) is 12.4 Å². The van der Waals surface area contributed by atoms with E-state index in [-0.39, 0.29) is 11.9 Å². The molecule has 2 rings (SSSR count). The van der Waals surface area contributed by atoms with Crippen LogP contribution in [0.3, 0.4) is 0 Å². The van der Waals surface area contributed by atoms with E-state index in [0.29, 0.717) is 6.54 Å². The lowest BCUT2D eigenvalue weighted by Gasteiger charge is -2.26. The lowest BCUT2D eigenvalue weighted by molar-refractivity contribution is -0.132. The van der Waals surface area contributed by atoms with Gasteiger partial charge in [0.25, 0.3) is 0 Å². The summed E-state index contributed by atoms with van der Waals surface area (Å²) in [5.74, 6) is 2.12. The van der Waals surface area contributed by atoms with E-state index in [9.17, 15) is 4.79 Å². The fraction of sp³-hybridized carbons (Fsp3) is 0.600. The first-order valence-electron chi connectivity index (χ1n) is 5.31. The fourth-order valence-electron chi connectivity index (χ4n) is 1.71. The Morgan fingerprint density at radius 1 is 1.75 bits per heavy atom. The normalized spacial score (nSPS) is 20.7. The van der Waals surface area contributed by atoms with E-state index in [0.717, 1.165) is 23.6 Å². The molecule has 0 aromatic carbocycles. The molecule has 1 atom stereocenters. The molecule has 1 aliphatic rings. The molecule has 16 heavy (non-hydrogen) atoms. The number of amides is 1. The molecule has 2 N–H and O–H groups in total. The van der Waals surface area contributed by atoms with Gasteiger partial charge in [-0.2, -0.15) is 16.9 Å². The van der Waals surface area contributed by atoms with Crippen molar-refractivity contribution in [1.82, 2.24) is 20.4 Å². The largest absolute Gasteiger partial charge is 0.340 e. The van der Waals surface area contributed by atoms with Crippen LogP contribution in [0.5, 0.6) is 0 Å². The van der Waals surface area contributed by atoms with Gasteiger partial charge in [-0.05, 0) is 0 Å². The van der Waals surface area contributed by atoms with Crippen molar-refractivity contribution in [2.75, 3.05) is 25.1 Å². The maximum atomic E-state index is 12.0. The molecule has 1 aliphatic heterocycles. The van der Waals surface area contributed by atoms with Gasteiger partial charge in [-0.15, -0.1) is 0 Å². The topological polar surface area (TPSA) is 61.0 Å². The van der Waals surface area contributed by atoms with Crippen LogP contribution in [-0.4, -0.2) is 52.1 Å². The van der Waals surface area contributed by atoms with Crippen molar-refractivity contribution in [3.63, 3.8) is 0 Å². The lowest BCUT2D eigenvalue weighted by Crippen LogP contribution is -2.49. The second-order valence-corrected chi connectivity index (χ2v) is 5.03. The van der Waals surface area contributed by atoms with Gasteiger partial charge in [0.15, 0.2) is 0 Å². The molecule has 2 heterocycles. The summed E-state index contributed by atoms with van der Waals surface area (Å²) in [4.78, 5) is 13.8. The number of H-pyrrole nitrogens is 1. The van der Waals surface area contributed by atoms with E-state index in [4.69, 9.17) is 0 Å². The summed E-state index contributed by atoms with van der Waals surface area (Å²) in [5.41, 5.74) is 1.03. The van der Waals surface area contributed by atoms with Crippen molar-refractivity contribution in [1.29, 1.82) is 0 Å². The predicted molar refractivity (Wildman–Crippen MR) is 64.2 cm³/mol. The van der Waals surface area contributed by atoms with Gasteiger partial charge in [0.1, 0.15) is 0 Å². The minimum atomic E-state index is -0.0318. The Kier molecular flexibility index (Phi) is 3.84. The molecule has 1 amide bonds. The molecule has 1 aromatic heterocycles. The first-order valence-corrected chi connectivity index (χ1v) is 6.46. The first-order chi connectivity index (χ1) is 7.77.